The van der Waals surface area contributed by atoms with E-state index in [4.69, 9.17) is 17.0 Å². The van der Waals surface area contributed by atoms with Crippen molar-refractivity contribution in [2.24, 2.45) is 0 Å². The summed E-state index contributed by atoms with van der Waals surface area (Å²) >= 11 is 5.97. The molecule has 0 spiro atoms. The van der Waals surface area contributed by atoms with Gasteiger partial charge in [0.2, 0.25) is 0 Å². The van der Waals surface area contributed by atoms with E-state index in [9.17, 15) is 0 Å². The van der Waals surface area contributed by atoms with Crippen LogP contribution in [0.25, 0.3) is 0 Å². The van der Waals surface area contributed by atoms with Crippen LogP contribution in [0.15, 0.2) is 48.7 Å². The predicted octanol–water partition coefficient (Wildman–Crippen LogP) is 4.84. The van der Waals surface area contributed by atoms with Crippen LogP contribution in [0.2, 0.25) is 0 Å². The molecule has 0 amide bonds. The molecule has 0 unspecified atom stereocenters. The molecule has 2 heterocycles. The first-order chi connectivity index (χ1) is 14.6. The van der Waals surface area contributed by atoms with E-state index in [1.165, 1.54) is 5.56 Å². The molecule has 1 aromatic carbocycles. The molecule has 2 N–H and O–H groups in total. The second-order valence-corrected chi connectivity index (χ2v) is 10.2. The number of hydrogen-bond acceptors (Lipinski definition) is 4. The topological polar surface area (TPSA) is 49.4 Å². The maximum absolute atomic E-state index is 5.97. The number of piperidine rings is 1. The molecular weight excluding hydrogens is 404 g/mol. The molecule has 1 aliphatic rings. The summed E-state index contributed by atoms with van der Waals surface area (Å²) < 4.78 is 5.32. The smallest absolute Gasteiger partial charge is 0.170 e. The lowest BCUT2D eigenvalue weighted by Gasteiger charge is -2.47. The molecule has 0 bridgehead atoms. The molecule has 31 heavy (non-hydrogen) atoms. The number of nitrogens with zero attached hydrogens (tertiary/aromatic N) is 2. The van der Waals surface area contributed by atoms with E-state index in [2.05, 4.69) is 67.3 Å². The Balaban J connectivity index is 1.81. The Bertz CT molecular complexity index is 851. The van der Waals surface area contributed by atoms with Gasteiger partial charge in [0, 0.05) is 23.3 Å². The van der Waals surface area contributed by atoms with Crippen molar-refractivity contribution in [1.29, 1.82) is 0 Å². The maximum Gasteiger partial charge on any atom is 0.170 e. The lowest BCUT2D eigenvalue weighted by molar-refractivity contribution is 0.152. The molecule has 2 aromatic rings. The van der Waals surface area contributed by atoms with Crippen LogP contribution in [0.3, 0.4) is 0 Å². The Morgan fingerprint density at radius 3 is 2.35 bits per heavy atom. The molecule has 1 aromatic heterocycles. The molecule has 1 aliphatic heterocycles. The monoisotopic (exact) mass is 440 g/mol. The van der Waals surface area contributed by atoms with Gasteiger partial charge in [0.1, 0.15) is 5.75 Å². The highest BCUT2D eigenvalue weighted by Gasteiger charge is 2.38. The highest BCUT2D eigenvalue weighted by molar-refractivity contribution is 7.80. The largest absolute Gasteiger partial charge is 0.497 e. The number of methoxy groups -OCH3 is 1. The first kappa shape index (κ1) is 23.5. The van der Waals surface area contributed by atoms with Gasteiger partial charge < -0.3 is 20.3 Å². The van der Waals surface area contributed by atoms with Crippen molar-refractivity contribution >= 4 is 17.3 Å². The van der Waals surface area contributed by atoms with Crippen LogP contribution >= 0.6 is 12.2 Å². The molecule has 5 nitrogen and oxygen atoms in total. The van der Waals surface area contributed by atoms with Gasteiger partial charge in [-0.2, -0.15) is 0 Å². The van der Waals surface area contributed by atoms with E-state index in [1.807, 2.05) is 36.5 Å². The van der Waals surface area contributed by atoms with Crippen LogP contribution in [-0.4, -0.2) is 39.2 Å². The minimum absolute atomic E-state index is 0.0580. The van der Waals surface area contributed by atoms with E-state index in [1.54, 1.807) is 7.11 Å². The van der Waals surface area contributed by atoms with Gasteiger partial charge in [-0.1, -0.05) is 18.2 Å². The number of nitrogens with one attached hydrogen (secondary N) is 2. The summed E-state index contributed by atoms with van der Waals surface area (Å²) in [5.74, 6) is 0.854. The van der Waals surface area contributed by atoms with Crippen molar-refractivity contribution in [3.05, 3.63) is 59.9 Å². The lowest BCUT2D eigenvalue weighted by atomic mass is 9.80. The first-order valence-corrected chi connectivity index (χ1v) is 11.4. The summed E-state index contributed by atoms with van der Waals surface area (Å²) in [7, 11) is 1.69. The van der Waals surface area contributed by atoms with Crippen molar-refractivity contribution in [2.45, 2.75) is 77.2 Å². The number of pyridine rings is 1. The average Bonchev–Trinajstić information content (AvgIpc) is 2.70. The maximum atomic E-state index is 5.97. The third-order valence-electron chi connectivity index (χ3n) is 5.90. The van der Waals surface area contributed by atoms with Gasteiger partial charge in [-0.15, -0.1) is 0 Å². The third-order valence-corrected chi connectivity index (χ3v) is 6.26. The number of benzene rings is 1. The van der Waals surface area contributed by atoms with Gasteiger partial charge in [0.05, 0.1) is 25.4 Å². The van der Waals surface area contributed by atoms with Gasteiger partial charge in [-0.3, -0.25) is 4.98 Å². The highest BCUT2D eigenvalue weighted by atomic mass is 32.1. The number of ether oxygens (including phenoxy) is 1. The molecule has 0 radical (unpaired) electrons. The van der Waals surface area contributed by atoms with Crippen LogP contribution in [0.5, 0.6) is 5.75 Å². The van der Waals surface area contributed by atoms with Gasteiger partial charge in [0.25, 0.3) is 0 Å². The summed E-state index contributed by atoms with van der Waals surface area (Å²) in [4.78, 5) is 6.78. The minimum atomic E-state index is 0.0580. The van der Waals surface area contributed by atoms with Crippen LogP contribution in [0.1, 0.15) is 64.8 Å². The molecule has 0 aliphatic carbocycles. The van der Waals surface area contributed by atoms with E-state index >= 15 is 0 Å². The van der Waals surface area contributed by atoms with E-state index in [-0.39, 0.29) is 17.1 Å². The second-order valence-electron chi connectivity index (χ2n) is 9.85. The number of aromatic nitrogens is 1. The van der Waals surface area contributed by atoms with Crippen LogP contribution in [0, 0.1) is 0 Å². The molecule has 3 rings (SSSR count). The SMILES string of the molecule is COc1ccc([C@@H](C)N(Cc2ccccn2)C(=S)NC2CC(C)(C)NC(C)(C)C2)cc1. The lowest BCUT2D eigenvalue weighted by Crippen LogP contribution is -2.63. The zero-order chi connectivity index (χ0) is 22.6. The number of hydrogen-bond donors (Lipinski definition) is 2. The van der Waals surface area contributed by atoms with Crippen molar-refractivity contribution in [1.82, 2.24) is 20.5 Å². The fourth-order valence-corrected chi connectivity index (χ4v) is 5.18. The second kappa shape index (κ2) is 9.53. The molecule has 1 saturated heterocycles. The van der Waals surface area contributed by atoms with Crippen LogP contribution in [0.4, 0.5) is 0 Å². The van der Waals surface area contributed by atoms with Gasteiger partial charge in [0.15, 0.2) is 5.11 Å². The van der Waals surface area contributed by atoms with Gasteiger partial charge in [-0.25, -0.2) is 0 Å². The quantitative estimate of drug-likeness (QED) is 0.627. The molecule has 0 saturated carbocycles. The molecule has 6 heteroatoms. The fraction of sp³-hybridized carbons (Fsp3) is 0.520. The van der Waals surface area contributed by atoms with Crippen molar-refractivity contribution in [3.63, 3.8) is 0 Å². The summed E-state index contributed by atoms with van der Waals surface area (Å²) in [6.07, 6.45) is 3.87. The normalized spacial score (nSPS) is 18.8. The van der Waals surface area contributed by atoms with Crippen molar-refractivity contribution < 1.29 is 4.74 Å². The third kappa shape index (κ3) is 6.40. The Hall–Kier alpha value is -2.18. The van der Waals surface area contributed by atoms with E-state index in [0.717, 1.165) is 29.4 Å². The average molecular weight is 441 g/mol. The number of rotatable bonds is 6. The van der Waals surface area contributed by atoms with Gasteiger partial charge in [-0.05, 0) is 89.5 Å². The molecule has 1 atom stereocenters. The highest BCUT2D eigenvalue weighted by Crippen LogP contribution is 2.30. The first-order valence-electron chi connectivity index (χ1n) is 11.0. The molecule has 168 valence electrons. The predicted molar refractivity (Wildman–Crippen MR) is 131 cm³/mol. The van der Waals surface area contributed by atoms with Crippen LogP contribution in [-0.2, 0) is 6.54 Å². The standard InChI is InChI=1S/C25H36N4OS/c1-18(19-10-12-22(30-6)13-11-19)29(17-20-9-7-8-14-26-20)23(31)27-21-15-24(2,3)28-25(4,5)16-21/h7-14,18,21,28H,15-17H2,1-6H3,(H,27,31)/t18-/m1/s1. The Labute approximate surface area is 192 Å². The zero-order valence-corrected chi connectivity index (χ0v) is 20.4. The number of thiocarbonyl (C=S) groups is 1. The van der Waals surface area contributed by atoms with Crippen molar-refractivity contribution in [2.75, 3.05) is 7.11 Å². The summed E-state index contributed by atoms with van der Waals surface area (Å²) in [6.45, 7) is 11.9. The van der Waals surface area contributed by atoms with E-state index in [0.29, 0.717) is 12.6 Å². The minimum Gasteiger partial charge on any atom is -0.497 e. The Morgan fingerprint density at radius 1 is 1.16 bits per heavy atom. The Kier molecular flexibility index (Phi) is 7.22. The molecule has 1 fully saturated rings. The summed E-state index contributed by atoms with van der Waals surface area (Å²) in [5.41, 5.74) is 2.30. The summed E-state index contributed by atoms with van der Waals surface area (Å²) in [6, 6.07) is 14.6. The van der Waals surface area contributed by atoms with E-state index < -0.39 is 0 Å². The van der Waals surface area contributed by atoms with Crippen LogP contribution < -0.4 is 15.4 Å². The summed E-state index contributed by atoms with van der Waals surface area (Å²) in [5, 5.41) is 8.20. The van der Waals surface area contributed by atoms with Gasteiger partial charge >= 0.3 is 0 Å². The molecular formula is C25H36N4OS. The Morgan fingerprint density at radius 2 is 1.81 bits per heavy atom. The van der Waals surface area contributed by atoms with Crippen molar-refractivity contribution in [3.8, 4) is 5.75 Å². The fourth-order valence-electron chi connectivity index (χ4n) is 4.80. The zero-order valence-electron chi connectivity index (χ0n) is 19.6.